The summed E-state index contributed by atoms with van der Waals surface area (Å²) in [6.45, 7) is 2.62. The van der Waals surface area contributed by atoms with Crippen molar-refractivity contribution >= 4 is 0 Å². The van der Waals surface area contributed by atoms with Gasteiger partial charge in [0.05, 0.1) is 6.61 Å². The van der Waals surface area contributed by atoms with Gasteiger partial charge in [-0.1, -0.05) is 54.6 Å². The van der Waals surface area contributed by atoms with Crippen molar-refractivity contribution in [2.75, 3.05) is 13.7 Å². The van der Waals surface area contributed by atoms with Gasteiger partial charge in [0.1, 0.15) is 0 Å². The molecule has 2 heteroatoms. The SMILES string of the molecule is COCc1ccc(CCNCc2ccccc2)cc1. The maximum absolute atomic E-state index is 5.10. The van der Waals surface area contributed by atoms with Gasteiger partial charge in [0.2, 0.25) is 0 Å². The number of nitrogens with one attached hydrogen (secondary N) is 1. The van der Waals surface area contributed by atoms with Crippen molar-refractivity contribution < 1.29 is 4.74 Å². The van der Waals surface area contributed by atoms with Crippen LogP contribution in [-0.2, 0) is 24.3 Å². The average Bonchev–Trinajstić information content (AvgIpc) is 2.47. The number of rotatable bonds is 7. The third kappa shape index (κ3) is 4.86. The van der Waals surface area contributed by atoms with Crippen molar-refractivity contribution in [3.63, 3.8) is 0 Å². The summed E-state index contributed by atoms with van der Waals surface area (Å²) in [6.07, 6.45) is 1.06. The third-order valence-corrected chi connectivity index (χ3v) is 3.10. The lowest BCUT2D eigenvalue weighted by atomic mass is 10.1. The predicted octanol–water partition coefficient (Wildman–Crippen LogP) is 3.17. The minimum Gasteiger partial charge on any atom is -0.380 e. The van der Waals surface area contributed by atoms with Crippen LogP contribution in [0.2, 0.25) is 0 Å². The number of benzene rings is 2. The molecule has 0 atom stereocenters. The zero-order valence-electron chi connectivity index (χ0n) is 11.4. The van der Waals surface area contributed by atoms with E-state index in [0.29, 0.717) is 6.61 Å². The summed E-state index contributed by atoms with van der Waals surface area (Å²) in [5.74, 6) is 0. The second kappa shape index (κ2) is 7.72. The Balaban J connectivity index is 1.70. The van der Waals surface area contributed by atoms with Crippen LogP contribution in [0.5, 0.6) is 0 Å². The molecule has 0 unspecified atom stereocenters. The van der Waals surface area contributed by atoms with E-state index in [9.17, 15) is 0 Å². The summed E-state index contributed by atoms with van der Waals surface area (Å²) in [4.78, 5) is 0. The molecule has 2 rings (SSSR count). The minimum absolute atomic E-state index is 0.687. The van der Waals surface area contributed by atoms with Crippen LogP contribution >= 0.6 is 0 Å². The first-order valence-corrected chi connectivity index (χ1v) is 6.70. The molecular formula is C17H21NO. The molecule has 0 saturated heterocycles. The lowest BCUT2D eigenvalue weighted by molar-refractivity contribution is 0.185. The van der Waals surface area contributed by atoms with Gasteiger partial charge in [-0.25, -0.2) is 0 Å². The molecule has 2 nitrogen and oxygen atoms in total. The summed E-state index contributed by atoms with van der Waals surface area (Å²) in [7, 11) is 1.72. The molecule has 0 bridgehead atoms. The largest absolute Gasteiger partial charge is 0.380 e. The number of hydrogen-bond donors (Lipinski definition) is 1. The Kier molecular flexibility index (Phi) is 5.60. The van der Waals surface area contributed by atoms with E-state index in [0.717, 1.165) is 19.5 Å². The maximum Gasteiger partial charge on any atom is 0.0713 e. The van der Waals surface area contributed by atoms with Crippen molar-refractivity contribution in [3.8, 4) is 0 Å². The average molecular weight is 255 g/mol. The van der Waals surface area contributed by atoms with Gasteiger partial charge < -0.3 is 10.1 Å². The van der Waals surface area contributed by atoms with Crippen molar-refractivity contribution in [1.29, 1.82) is 0 Å². The Bertz CT molecular complexity index is 464. The first kappa shape index (κ1) is 13.8. The van der Waals surface area contributed by atoms with E-state index in [4.69, 9.17) is 4.74 Å². The van der Waals surface area contributed by atoms with E-state index in [1.54, 1.807) is 7.11 Å². The second-order valence-electron chi connectivity index (χ2n) is 4.66. The molecule has 0 radical (unpaired) electrons. The first-order chi connectivity index (χ1) is 9.38. The van der Waals surface area contributed by atoms with Gasteiger partial charge in [-0.2, -0.15) is 0 Å². The summed E-state index contributed by atoms with van der Waals surface area (Å²) in [5.41, 5.74) is 3.92. The smallest absolute Gasteiger partial charge is 0.0713 e. The summed E-state index contributed by atoms with van der Waals surface area (Å²) in [5, 5.41) is 3.47. The molecule has 0 fully saturated rings. The molecule has 0 amide bonds. The Morgan fingerprint density at radius 2 is 1.53 bits per heavy atom. The monoisotopic (exact) mass is 255 g/mol. The highest BCUT2D eigenvalue weighted by Crippen LogP contribution is 2.06. The van der Waals surface area contributed by atoms with Crippen LogP contribution in [-0.4, -0.2) is 13.7 Å². The fraction of sp³-hybridized carbons (Fsp3) is 0.294. The highest BCUT2D eigenvalue weighted by molar-refractivity contribution is 5.22. The molecule has 0 aliphatic carbocycles. The Hall–Kier alpha value is -1.64. The van der Waals surface area contributed by atoms with Crippen molar-refractivity contribution in [1.82, 2.24) is 5.32 Å². The lowest BCUT2D eigenvalue weighted by Gasteiger charge is -2.06. The first-order valence-electron chi connectivity index (χ1n) is 6.70. The second-order valence-corrected chi connectivity index (χ2v) is 4.66. The van der Waals surface area contributed by atoms with Crippen molar-refractivity contribution in [2.24, 2.45) is 0 Å². The van der Waals surface area contributed by atoms with E-state index >= 15 is 0 Å². The maximum atomic E-state index is 5.10. The highest BCUT2D eigenvalue weighted by Gasteiger charge is 1.95. The number of ether oxygens (including phenoxy) is 1. The van der Waals surface area contributed by atoms with Gasteiger partial charge in [0.25, 0.3) is 0 Å². The molecule has 0 heterocycles. The predicted molar refractivity (Wildman–Crippen MR) is 79.0 cm³/mol. The van der Waals surface area contributed by atoms with Crippen LogP contribution < -0.4 is 5.32 Å². The molecule has 0 aromatic heterocycles. The van der Waals surface area contributed by atoms with Gasteiger partial charge >= 0.3 is 0 Å². The Labute approximate surface area is 115 Å². The summed E-state index contributed by atoms with van der Waals surface area (Å²) >= 11 is 0. The fourth-order valence-corrected chi connectivity index (χ4v) is 2.03. The molecule has 0 aliphatic heterocycles. The summed E-state index contributed by atoms with van der Waals surface area (Å²) < 4.78 is 5.10. The van der Waals surface area contributed by atoms with Crippen LogP contribution in [0, 0.1) is 0 Å². The van der Waals surface area contributed by atoms with E-state index in [2.05, 4.69) is 53.8 Å². The normalized spacial score (nSPS) is 10.6. The minimum atomic E-state index is 0.687. The van der Waals surface area contributed by atoms with E-state index in [-0.39, 0.29) is 0 Å². The van der Waals surface area contributed by atoms with Crippen molar-refractivity contribution in [3.05, 3.63) is 71.3 Å². The van der Waals surface area contributed by atoms with Gasteiger partial charge in [-0.3, -0.25) is 0 Å². The van der Waals surface area contributed by atoms with E-state index in [1.165, 1.54) is 16.7 Å². The molecular weight excluding hydrogens is 234 g/mol. The molecule has 19 heavy (non-hydrogen) atoms. The molecule has 0 spiro atoms. The van der Waals surface area contributed by atoms with E-state index in [1.807, 2.05) is 6.07 Å². The van der Waals surface area contributed by atoms with Gasteiger partial charge in [-0.15, -0.1) is 0 Å². The van der Waals surface area contributed by atoms with Gasteiger partial charge in [0, 0.05) is 13.7 Å². The number of hydrogen-bond acceptors (Lipinski definition) is 2. The number of methoxy groups -OCH3 is 1. The quantitative estimate of drug-likeness (QED) is 0.767. The van der Waals surface area contributed by atoms with Crippen molar-refractivity contribution in [2.45, 2.75) is 19.6 Å². The molecule has 0 aliphatic rings. The molecule has 2 aromatic carbocycles. The molecule has 2 aromatic rings. The van der Waals surface area contributed by atoms with Crippen LogP contribution in [0.4, 0.5) is 0 Å². The van der Waals surface area contributed by atoms with E-state index < -0.39 is 0 Å². The van der Waals surface area contributed by atoms with Gasteiger partial charge in [0.15, 0.2) is 0 Å². The fourth-order valence-electron chi connectivity index (χ4n) is 2.03. The summed E-state index contributed by atoms with van der Waals surface area (Å²) in [6, 6.07) is 19.1. The topological polar surface area (TPSA) is 21.3 Å². The third-order valence-electron chi connectivity index (χ3n) is 3.10. The molecule has 100 valence electrons. The van der Waals surface area contributed by atoms with Gasteiger partial charge in [-0.05, 0) is 29.7 Å². The van der Waals surface area contributed by atoms with Crippen LogP contribution in [0.25, 0.3) is 0 Å². The standard InChI is InChI=1S/C17H21NO/c1-19-14-17-9-7-15(8-10-17)11-12-18-13-16-5-3-2-4-6-16/h2-10,18H,11-14H2,1H3. The zero-order chi connectivity index (χ0) is 13.3. The molecule has 0 saturated carbocycles. The Morgan fingerprint density at radius 3 is 2.21 bits per heavy atom. The Morgan fingerprint density at radius 1 is 0.842 bits per heavy atom. The lowest BCUT2D eigenvalue weighted by Crippen LogP contribution is -2.16. The van der Waals surface area contributed by atoms with Crippen LogP contribution in [0.3, 0.4) is 0 Å². The van der Waals surface area contributed by atoms with Crippen LogP contribution in [0.1, 0.15) is 16.7 Å². The highest BCUT2D eigenvalue weighted by atomic mass is 16.5. The molecule has 1 N–H and O–H groups in total. The van der Waals surface area contributed by atoms with Crippen LogP contribution in [0.15, 0.2) is 54.6 Å². The zero-order valence-corrected chi connectivity index (χ0v) is 11.4.